The number of fused-ring (bicyclic) bond motifs is 2. The second-order valence-electron chi connectivity index (χ2n) is 10.7. The fourth-order valence-corrected chi connectivity index (χ4v) is 5.55. The molecule has 3 aromatic carbocycles. The van der Waals surface area contributed by atoms with Crippen molar-refractivity contribution in [2.75, 3.05) is 5.32 Å². The predicted molar refractivity (Wildman–Crippen MR) is 161 cm³/mol. The van der Waals surface area contributed by atoms with Gasteiger partial charge in [0, 0.05) is 39.1 Å². The number of halogens is 4. The summed E-state index contributed by atoms with van der Waals surface area (Å²) in [7, 11) is 0. The largest absolute Gasteiger partial charge is 0.487 e. The first-order chi connectivity index (χ1) is 20.7. The number of anilines is 1. The molecule has 43 heavy (non-hydrogen) atoms. The van der Waals surface area contributed by atoms with Crippen LogP contribution in [0.2, 0.25) is 5.02 Å². The molecule has 2 heterocycles. The van der Waals surface area contributed by atoms with E-state index in [4.69, 9.17) is 16.3 Å². The summed E-state index contributed by atoms with van der Waals surface area (Å²) in [6, 6.07) is 24.4. The molecule has 1 aliphatic carbocycles. The Morgan fingerprint density at radius 3 is 2.37 bits per heavy atom. The molecule has 1 fully saturated rings. The van der Waals surface area contributed by atoms with Crippen molar-refractivity contribution >= 4 is 45.0 Å². The van der Waals surface area contributed by atoms with E-state index >= 15 is 0 Å². The number of carbonyl (C=O) groups is 1. The molecule has 1 aliphatic rings. The van der Waals surface area contributed by atoms with Crippen LogP contribution in [0.25, 0.3) is 21.8 Å². The van der Waals surface area contributed by atoms with Crippen LogP contribution in [-0.4, -0.2) is 28.0 Å². The third-order valence-corrected chi connectivity index (χ3v) is 7.88. The molecular formula is C33H28ClF3N4O2. The number of pyridine rings is 2. The maximum absolute atomic E-state index is 13.5. The lowest BCUT2D eigenvalue weighted by Crippen LogP contribution is -2.40. The van der Waals surface area contributed by atoms with Crippen molar-refractivity contribution in [1.29, 1.82) is 0 Å². The van der Waals surface area contributed by atoms with Crippen LogP contribution in [0.1, 0.15) is 47.4 Å². The van der Waals surface area contributed by atoms with E-state index in [9.17, 15) is 18.0 Å². The Morgan fingerprint density at radius 2 is 1.60 bits per heavy atom. The van der Waals surface area contributed by atoms with Crippen molar-refractivity contribution in [3.05, 3.63) is 107 Å². The maximum atomic E-state index is 13.5. The topological polar surface area (TPSA) is 76.1 Å². The van der Waals surface area contributed by atoms with Crippen molar-refractivity contribution in [2.24, 2.45) is 0 Å². The number of ether oxygens (including phenoxy) is 1. The lowest BCUT2D eigenvalue weighted by molar-refractivity contribution is -0.140. The lowest BCUT2D eigenvalue weighted by Gasteiger charge is -2.30. The number of aromatic nitrogens is 2. The summed E-state index contributed by atoms with van der Waals surface area (Å²) in [6.07, 6.45) is -1.80. The van der Waals surface area contributed by atoms with Gasteiger partial charge in [-0.1, -0.05) is 35.9 Å². The van der Waals surface area contributed by atoms with E-state index in [1.165, 1.54) is 12.1 Å². The lowest BCUT2D eigenvalue weighted by atomic mass is 9.90. The van der Waals surface area contributed by atoms with E-state index in [2.05, 4.69) is 20.6 Å². The number of amides is 1. The summed E-state index contributed by atoms with van der Waals surface area (Å²) in [4.78, 5) is 21.3. The van der Waals surface area contributed by atoms with E-state index in [1.807, 2.05) is 36.4 Å². The van der Waals surface area contributed by atoms with Gasteiger partial charge in [-0.05, 0) is 86.3 Å². The van der Waals surface area contributed by atoms with Crippen LogP contribution >= 0.6 is 11.6 Å². The van der Waals surface area contributed by atoms with Crippen LogP contribution in [0.4, 0.5) is 18.9 Å². The monoisotopic (exact) mass is 604 g/mol. The van der Waals surface area contributed by atoms with Crippen LogP contribution in [0, 0.1) is 0 Å². The molecule has 0 bridgehead atoms. The van der Waals surface area contributed by atoms with Gasteiger partial charge in [0.15, 0.2) is 0 Å². The van der Waals surface area contributed by atoms with Gasteiger partial charge >= 0.3 is 6.18 Å². The highest BCUT2D eigenvalue weighted by atomic mass is 35.5. The molecule has 2 N–H and O–H groups in total. The third kappa shape index (κ3) is 6.83. The van der Waals surface area contributed by atoms with Gasteiger partial charge in [0.2, 0.25) is 0 Å². The number of carbonyl (C=O) groups excluding carboxylic acids is 1. The second-order valence-corrected chi connectivity index (χ2v) is 11.1. The van der Waals surface area contributed by atoms with Gasteiger partial charge < -0.3 is 15.4 Å². The average Bonchev–Trinajstić information content (AvgIpc) is 3.00. The van der Waals surface area contributed by atoms with Gasteiger partial charge in [0.1, 0.15) is 18.1 Å². The summed E-state index contributed by atoms with van der Waals surface area (Å²) in [6.45, 7) is 0.313. The van der Waals surface area contributed by atoms with Crippen LogP contribution in [-0.2, 0) is 12.8 Å². The summed E-state index contributed by atoms with van der Waals surface area (Å²) in [5, 5.41) is 8.39. The van der Waals surface area contributed by atoms with Gasteiger partial charge in [-0.2, -0.15) is 13.2 Å². The number of benzene rings is 3. The highest BCUT2D eigenvalue weighted by molar-refractivity contribution is 6.31. The molecular weight excluding hydrogens is 577 g/mol. The molecule has 220 valence electrons. The molecule has 0 atom stereocenters. The molecule has 0 aliphatic heterocycles. The molecule has 0 radical (unpaired) electrons. The maximum Gasteiger partial charge on any atom is 0.433 e. The van der Waals surface area contributed by atoms with Crippen molar-refractivity contribution in [3.63, 3.8) is 0 Å². The normalized spacial score (nSPS) is 17.1. The molecule has 6 nitrogen and oxygen atoms in total. The second kappa shape index (κ2) is 12.1. The number of nitrogens with zero attached hydrogens (tertiary/aromatic N) is 2. The minimum atomic E-state index is -4.56. The summed E-state index contributed by atoms with van der Waals surface area (Å²) >= 11 is 6.12. The number of para-hydroxylation sites is 1. The molecule has 6 rings (SSSR count). The van der Waals surface area contributed by atoms with Crippen LogP contribution in [0.3, 0.4) is 0 Å². The summed E-state index contributed by atoms with van der Waals surface area (Å²) in [5.74, 6) is 0.459. The summed E-state index contributed by atoms with van der Waals surface area (Å²) < 4.78 is 46.3. The molecule has 10 heteroatoms. The van der Waals surface area contributed by atoms with Crippen molar-refractivity contribution < 1.29 is 22.7 Å². The van der Waals surface area contributed by atoms with Gasteiger partial charge in [-0.3, -0.25) is 4.79 Å². The quantitative estimate of drug-likeness (QED) is 0.196. The number of hydrogen-bond acceptors (Lipinski definition) is 5. The number of nitrogens with one attached hydrogen (secondary N) is 2. The number of hydrogen-bond donors (Lipinski definition) is 2. The fourth-order valence-electron chi connectivity index (χ4n) is 5.38. The van der Waals surface area contributed by atoms with Gasteiger partial charge in [0.25, 0.3) is 5.91 Å². The minimum absolute atomic E-state index is 0.0326. The molecule has 2 aromatic heterocycles. The predicted octanol–water partition coefficient (Wildman–Crippen LogP) is 8.19. The van der Waals surface area contributed by atoms with Crippen molar-refractivity contribution in [1.82, 2.24) is 15.3 Å². The molecule has 1 amide bonds. The van der Waals surface area contributed by atoms with E-state index in [1.54, 1.807) is 30.3 Å². The molecule has 0 saturated heterocycles. The minimum Gasteiger partial charge on any atom is -0.487 e. The molecule has 0 unspecified atom stereocenters. The van der Waals surface area contributed by atoms with E-state index < -0.39 is 11.9 Å². The van der Waals surface area contributed by atoms with Crippen LogP contribution < -0.4 is 15.4 Å². The average molecular weight is 605 g/mol. The molecule has 1 saturated carbocycles. The van der Waals surface area contributed by atoms with Crippen molar-refractivity contribution in [3.8, 4) is 5.75 Å². The number of alkyl halides is 3. The Balaban J connectivity index is 1.02. The van der Waals surface area contributed by atoms with Gasteiger partial charge in [-0.15, -0.1) is 0 Å². The third-order valence-electron chi connectivity index (χ3n) is 7.64. The standard InChI is InChI=1S/C33H28ClF3N4O2/c34-22-8-16-29-27(17-22)30(18-31(41-29)33(35,36)37)38-23-10-12-24(13-11-23)40-32(42)21-6-14-26(15-7-21)43-19-25-9-5-20-3-1-2-4-28(20)39-25/h1-9,14-18,23-24H,10-13,19H2,(H,38,41)(H,40,42)/t23-,24+. The first-order valence-electron chi connectivity index (χ1n) is 14.0. The molecule has 0 spiro atoms. The van der Waals surface area contributed by atoms with E-state index in [-0.39, 0.29) is 23.5 Å². The number of rotatable bonds is 7. The first-order valence-corrected chi connectivity index (χ1v) is 14.4. The fraction of sp³-hybridized carbons (Fsp3) is 0.242. The van der Waals surface area contributed by atoms with Crippen LogP contribution in [0.5, 0.6) is 5.75 Å². The Kier molecular flexibility index (Phi) is 8.08. The Hall–Kier alpha value is -4.37. The van der Waals surface area contributed by atoms with E-state index in [0.29, 0.717) is 59.7 Å². The highest BCUT2D eigenvalue weighted by Gasteiger charge is 2.34. The zero-order chi connectivity index (χ0) is 30.0. The Labute approximate surface area is 251 Å². The van der Waals surface area contributed by atoms with Crippen molar-refractivity contribution in [2.45, 2.75) is 50.6 Å². The smallest absolute Gasteiger partial charge is 0.433 e. The zero-order valence-electron chi connectivity index (χ0n) is 23.0. The van der Waals surface area contributed by atoms with Gasteiger partial charge in [0.05, 0.1) is 16.7 Å². The SMILES string of the molecule is O=C(N[C@H]1CC[C@@H](Nc2cc(C(F)(F)F)nc3ccc(Cl)cc23)CC1)c1ccc(OCc2ccc3ccccc3n2)cc1. The molecule has 5 aromatic rings. The first kappa shape index (κ1) is 28.7. The highest BCUT2D eigenvalue weighted by Crippen LogP contribution is 2.35. The van der Waals surface area contributed by atoms with Crippen LogP contribution in [0.15, 0.2) is 84.9 Å². The van der Waals surface area contributed by atoms with Gasteiger partial charge in [-0.25, -0.2) is 9.97 Å². The Morgan fingerprint density at radius 1 is 0.860 bits per heavy atom. The summed E-state index contributed by atoms with van der Waals surface area (Å²) in [5.41, 5.74) is 1.87. The zero-order valence-corrected chi connectivity index (χ0v) is 23.8. The Bertz CT molecular complexity index is 1770. The van der Waals surface area contributed by atoms with E-state index in [0.717, 1.165) is 22.7 Å².